The van der Waals surface area contributed by atoms with E-state index in [1.165, 1.54) is 17.7 Å². The number of amides is 1. The molecule has 148 valence electrons. The van der Waals surface area contributed by atoms with Crippen molar-refractivity contribution in [2.75, 3.05) is 13.1 Å². The molecule has 3 nitrogen and oxygen atoms in total. The summed E-state index contributed by atoms with van der Waals surface area (Å²) in [6.07, 6.45) is 2.21. The maximum Gasteiger partial charge on any atom is 0.234 e. The molecule has 4 heteroatoms. The molecule has 4 rings (SSSR count). The highest BCUT2D eigenvalue weighted by Gasteiger charge is 2.44. The van der Waals surface area contributed by atoms with Crippen LogP contribution in [-0.4, -0.2) is 19.0 Å². The van der Waals surface area contributed by atoms with Crippen molar-refractivity contribution in [2.45, 2.75) is 24.3 Å². The second-order valence-electron chi connectivity index (χ2n) is 7.70. The van der Waals surface area contributed by atoms with E-state index in [4.69, 9.17) is 0 Å². The quantitative estimate of drug-likeness (QED) is 0.602. The molecule has 0 aromatic heterocycles. The highest BCUT2D eigenvalue weighted by atomic mass is 19.1. The van der Waals surface area contributed by atoms with Gasteiger partial charge in [0.15, 0.2) is 0 Å². The summed E-state index contributed by atoms with van der Waals surface area (Å²) in [6.45, 7) is 0.853. The average molecular weight is 388 g/mol. The molecular formula is C25H25FN2O. The van der Waals surface area contributed by atoms with Crippen LogP contribution in [0, 0.1) is 5.82 Å². The number of nitrogens with one attached hydrogen (secondary N) is 2. The molecule has 0 saturated heterocycles. The minimum absolute atomic E-state index is 0.0322. The van der Waals surface area contributed by atoms with Gasteiger partial charge in [0.1, 0.15) is 5.82 Å². The van der Waals surface area contributed by atoms with Gasteiger partial charge in [0.25, 0.3) is 0 Å². The third-order valence-electron chi connectivity index (χ3n) is 5.67. The van der Waals surface area contributed by atoms with Crippen LogP contribution in [0.3, 0.4) is 0 Å². The Kier molecular flexibility index (Phi) is 5.72. The molecule has 0 bridgehead atoms. The second kappa shape index (κ2) is 8.58. The highest BCUT2D eigenvalue weighted by molar-refractivity contribution is 5.78. The Bertz CT molecular complexity index is 938. The van der Waals surface area contributed by atoms with Crippen LogP contribution in [0.5, 0.6) is 0 Å². The molecule has 1 amide bonds. The van der Waals surface area contributed by atoms with E-state index in [1.54, 1.807) is 12.1 Å². The van der Waals surface area contributed by atoms with Gasteiger partial charge in [-0.15, -0.1) is 0 Å². The lowest BCUT2D eigenvalue weighted by Gasteiger charge is -2.21. The van der Waals surface area contributed by atoms with Crippen molar-refractivity contribution in [3.8, 4) is 0 Å². The first-order valence-electron chi connectivity index (χ1n) is 10.0. The largest absolute Gasteiger partial charge is 0.354 e. The fraction of sp³-hybridized carbons (Fsp3) is 0.240. The molecule has 3 aromatic rings. The molecule has 2 N–H and O–H groups in total. The standard InChI is InChI=1S/C25H25FN2O/c26-22-13-11-20(12-14-22)24(19-7-3-1-4-8-19)27-17-23(29)28-18-25(15-16-25)21-9-5-2-6-10-21/h1-14,24,27H,15-18H2,(H,28,29). The molecule has 0 aliphatic heterocycles. The zero-order valence-corrected chi connectivity index (χ0v) is 16.3. The number of carbonyl (C=O) groups excluding carboxylic acids is 1. The summed E-state index contributed by atoms with van der Waals surface area (Å²) in [5.74, 6) is -0.302. The predicted octanol–water partition coefficient (Wildman–Crippen LogP) is 4.35. The summed E-state index contributed by atoms with van der Waals surface area (Å²) in [5.41, 5.74) is 3.34. The van der Waals surface area contributed by atoms with Crippen molar-refractivity contribution >= 4 is 5.91 Å². The lowest BCUT2D eigenvalue weighted by Crippen LogP contribution is -2.39. The van der Waals surface area contributed by atoms with Crippen LogP contribution >= 0.6 is 0 Å². The van der Waals surface area contributed by atoms with Gasteiger partial charge in [-0.3, -0.25) is 10.1 Å². The van der Waals surface area contributed by atoms with Crippen molar-refractivity contribution in [2.24, 2.45) is 0 Å². The van der Waals surface area contributed by atoms with Gasteiger partial charge in [-0.05, 0) is 41.7 Å². The van der Waals surface area contributed by atoms with Gasteiger partial charge in [-0.2, -0.15) is 0 Å². The fourth-order valence-electron chi connectivity index (χ4n) is 3.76. The number of rotatable bonds is 8. The van der Waals surface area contributed by atoms with E-state index in [0.717, 1.165) is 24.0 Å². The average Bonchev–Trinajstić information content (AvgIpc) is 3.56. The Morgan fingerprint density at radius 2 is 1.45 bits per heavy atom. The molecule has 1 aliphatic carbocycles. The third kappa shape index (κ3) is 4.72. The molecule has 1 unspecified atom stereocenters. The zero-order valence-electron chi connectivity index (χ0n) is 16.3. The van der Waals surface area contributed by atoms with Crippen LogP contribution in [-0.2, 0) is 10.2 Å². The normalized spacial score (nSPS) is 15.5. The second-order valence-corrected chi connectivity index (χ2v) is 7.70. The third-order valence-corrected chi connectivity index (χ3v) is 5.67. The van der Waals surface area contributed by atoms with E-state index in [2.05, 4.69) is 22.8 Å². The summed E-state index contributed by atoms with van der Waals surface area (Å²) in [4.78, 5) is 12.5. The van der Waals surface area contributed by atoms with Crippen molar-refractivity contribution in [1.82, 2.24) is 10.6 Å². The van der Waals surface area contributed by atoms with Gasteiger partial charge in [0, 0.05) is 12.0 Å². The lowest BCUT2D eigenvalue weighted by atomic mass is 9.96. The number of halogens is 1. The van der Waals surface area contributed by atoms with Crippen molar-refractivity contribution in [3.05, 3.63) is 107 Å². The van der Waals surface area contributed by atoms with E-state index >= 15 is 0 Å². The zero-order chi connectivity index (χ0) is 20.1. The Labute approximate surface area is 171 Å². The Morgan fingerprint density at radius 3 is 2.07 bits per heavy atom. The Hall–Kier alpha value is -2.98. The van der Waals surface area contributed by atoms with E-state index in [1.807, 2.05) is 48.5 Å². The van der Waals surface area contributed by atoms with Gasteiger partial charge in [-0.1, -0.05) is 72.8 Å². The van der Waals surface area contributed by atoms with E-state index in [9.17, 15) is 9.18 Å². The summed E-state index contributed by atoms with van der Waals surface area (Å²) >= 11 is 0. The smallest absolute Gasteiger partial charge is 0.234 e. The van der Waals surface area contributed by atoms with Crippen molar-refractivity contribution in [1.29, 1.82) is 0 Å². The highest BCUT2D eigenvalue weighted by Crippen LogP contribution is 2.47. The fourth-order valence-corrected chi connectivity index (χ4v) is 3.76. The molecule has 29 heavy (non-hydrogen) atoms. The minimum Gasteiger partial charge on any atom is -0.354 e. The first-order chi connectivity index (χ1) is 14.2. The van der Waals surface area contributed by atoms with E-state index < -0.39 is 0 Å². The molecule has 1 aliphatic rings. The monoisotopic (exact) mass is 388 g/mol. The van der Waals surface area contributed by atoms with E-state index in [0.29, 0.717) is 6.54 Å². The van der Waals surface area contributed by atoms with Gasteiger partial charge in [0.2, 0.25) is 5.91 Å². The maximum atomic E-state index is 13.3. The predicted molar refractivity (Wildman–Crippen MR) is 113 cm³/mol. The number of carbonyl (C=O) groups is 1. The molecule has 0 heterocycles. The number of hydrogen-bond donors (Lipinski definition) is 2. The Morgan fingerprint density at radius 1 is 0.862 bits per heavy atom. The lowest BCUT2D eigenvalue weighted by molar-refractivity contribution is -0.120. The molecule has 3 aromatic carbocycles. The van der Waals surface area contributed by atoms with Gasteiger partial charge in [-0.25, -0.2) is 4.39 Å². The Balaban J connectivity index is 1.38. The molecular weight excluding hydrogens is 363 g/mol. The summed E-state index contributed by atoms with van der Waals surface area (Å²) < 4.78 is 13.3. The SMILES string of the molecule is O=C(CNC(c1ccccc1)c1ccc(F)cc1)NCC1(c2ccccc2)CC1. The summed E-state index contributed by atoms with van der Waals surface area (Å²) in [6, 6.07) is 26.5. The van der Waals surface area contributed by atoms with Gasteiger partial charge < -0.3 is 5.32 Å². The van der Waals surface area contributed by atoms with Gasteiger partial charge in [0.05, 0.1) is 12.6 Å². The minimum atomic E-state index is -0.269. The topological polar surface area (TPSA) is 41.1 Å². The van der Waals surface area contributed by atoms with Crippen LogP contribution in [0.2, 0.25) is 0 Å². The van der Waals surface area contributed by atoms with Crippen LogP contribution in [0.4, 0.5) is 4.39 Å². The van der Waals surface area contributed by atoms with Crippen LogP contribution in [0.25, 0.3) is 0 Å². The first kappa shape index (κ1) is 19.3. The first-order valence-corrected chi connectivity index (χ1v) is 10.0. The molecule has 1 fully saturated rings. The molecule has 0 spiro atoms. The van der Waals surface area contributed by atoms with Gasteiger partial charge >= 0.3 is 0 Å². The van der Waals surface area contributed by atoms with Crippen molar-refractivity contribution < 1.29 is 9.18 Å². The van der Waals surface area contributed by atoms with Crippen molar-refractivity contribution in [3.63, 3.8) is 0 Å². The molecule has 1 atom stereocenters. The summed E-state index contributed by atoms with van der Waals surface area (Å²) in [7, 11) is 0. The molecule has 0 radical (unpaired) electrons. The molecule has 1 saturated carbocycles. The number of benzene rings is 3. The van der Waals surface area contributed by atoms with Crippen LogP contribution in [0.15, 0.2) is 84.9 Å². The van der Waals surface area contributed by atoms with Crippen LogP contribution < -0.4 is 10.6 Å². The maximum absolute atomic E-state index is 13.3. The number of hydrogen-bond acceptors (Lipinski definition) is 2. The summed E-state index contributed by atoms with van der Waals surface area (Å²) in [5, 5.41) is 6.42. The van der Waals surface area contributed by atoms with E-state index in [-0.39, 0.29) is 29.7 Å². The van der Waals surface area contributed by atoms with Crippen LogP contribution in [0.1, 0.15) is 35.6 Å².